The zero-order chi connectivity index (χ0) is 14.7. The van der Waals surface area contributed by atoms with Gasteiger partial charge in [-0.25, -0.2) is 9.97 Å². The van der Waals surface area contributed by atoms with Gasteiger partial charge in [0.2, 0.25) is 0 Å². The highest BCUT2D eigenvalue weighted by Crippen LogP contribution is 2.39. The summed E-state index contributed by atoms with van der Waals surface area (Å²) in [5, 5.41) is 6.67. The monoisotopic (exact) mass is 290 g/mol. The van der Waals surface area contributed by atoms with E-state index in [0.717, 1.165) is 42.6 Å². The average Bonchev–Trinajstić information content (AvgIpc) is 3.35. The normalized spacial score (nSPS) is 22.1. The minimum absolute atomic E-state index is 0.417. The Bertz CT molecular complexity index is 481. The lowest BCUT2D eigenvalue weighted by Crippen LogP contribution is -2.22. The molecule has 1 aliphatic carbocycles. The second-order valence-corrected chi connectivity index (χ2v) is 6.13. The molecule has 1 aromatic rings. The number of nitrogens with zero attached hydrogens (tertiary/aromatic N) is 2. The Morgan fingerprint density at radius 1 is 1.14 bits per heavy atom. The van der Waals surface area contributed by atoms with Crippen LogP contribution in [0.15, 0.2) is 0 Å². The van der Waals surface area contributed by atoms with Gasteiger partial charge in [-0.05, 0) is 45.4 Å². The summed E-state index contributed by atoms with van der Waals surface area (Å²) in [6, 6.07) is 0. The van der Waals surface area contributed by atoms with Crippen molar-refractivity contribution in [3.8, 4) is 0 Å². The number of ether oxygens (including phenoxy) is 1. The maximum absolute atomic E-state index is 5.78. The number of rotatable bonds is 6. The molecule has 1 saturated heterocycles. The lowest BCUT2D eigenvalue weighted by Gasteiger charge is -2.23. The molecule has 0 aromatic carbocycles. The summed E-state index contributed by atoms with van der Waals surface area (Å²) in [7, 11) is 1.92. The third-order valence-corrected chi connectivity index (χ3v) is 4.38. The summed E-state index contributed by atoms with van der Waals surface area (Å²) < 4.78 is 5.78. The fourth-order valence-electron chi connectivity index (χ4n) is 2.86. The van der Waals surface area contributed by atoms with Gasteiger partial charge in [0.05, 0.1) is 6.10 Å². The van der Waals surface area contributed by atoms with E-state index >= 15 is 0 Å². The average molecular weight is 290 g/mol. The van der Waals surface area contributed by atoms with E-state index in [4.69, 9.17) is 9.72 Å². The second-order valence-electron chi connectivity index (χ2n) is 6.13. The molecule has 2 aliphatic rings. The number of aromatic nitrogens is 2. The van der Waals surface area contributed by atoms with E-state index in [1.54, 1.807) is 0 Å². The van der Waals surface area contributed by atoms with Gasteiger partial charge in [0.25, 0.3) is 0 Å². The summed E-state index contributed by atoms with van der Waals surface area (Å²) in [5.41, 5.74) is 1.10. The van der Waals surface area contributed by atoms with Gasteiger partial charge in [-0.15, -0.1) is 0 Å². The van der Waals surface area contributed by atoms with Crippen LogP contribution in [0.5, 0.6) is 0 Å². The lowest BCUT2D eigenvalue weighted by atomic mass is 10.1. The topological polar surface area (TPSA) is 59.1 Å². The van der Waals surface area contributed by atoms with Crippen molar-refractivity contribution in [3.05, 3.63) is 11.4 Å². The Kier molecular flexibility index (Phi) is 4.58. The molecule has 5 nitrogen and oxygen atoms in total. The molecule has 5 heteroatoms. The van der Waals surface area contributed by atoms with Crippen molar-refractivity contribution in [1.82, 2.24) is 9.97 Å². The molecule has 0 spiro atoms. The molecule has 0 bridgehead atoms. The van der Waals surface area contributed by atoms with Gasteiger partial charge < -0.3 is 15.4 Å². The van der Waals surface area contributed by atoms with Gasteiger partial charge in [-0.2, -0.15) is 0 Å². The maximum atomic E-state index is 5.78. The highest BCUT2D eigenvalue weighted by molar-refractivity contribution is 5.57. The van der Waals surface area contributed by atoms with Gasteiger partial charge in [0.1, 0.15) is 17.5 Å². The van der Waals surface area contributed by atoms with E-state index in [0.29, 0.717) is 12.0 Å². The van der Waals surface area contributed by atoms with E-state index in [-0.39, 0.29) is 0 Å². The number of hydrogen-bond acceptors (Lipinski definition) is 5. The predicted molar refractivity (Wildman–Crippen MR) is 85.0 cm³/mol. The highest BCUT2D eigenvalue weighted by atomic mass is 16.5. The molecule has 1 aliphatic heterocycles. The van der Waals surface area contributed by atoms with Crippen LogP contribution < -0.4 is 10.6 Å². The van der Waals surface area contributed by atoms with Crippen molar-refractivity contribution in [1.29, 1.82) is 0 Å². The van der Waals surface area contributed by atoms with Crippen LogP contribution >= 0.6 is 0 Å². The van der Waals surface area contributed by atoms with E-state index in [2.05, 4.69) is 22.5 Å². The maximum Gasteiger partial charge on any atom is 0.136 e. The first kappa shape index (κ1) is 14.6. The molecule has 1 aromatic heterocycles. The molecule has 2 heterocycles. The van der Waals surface area contributed by atoms with Gasteiger partial charge >= 0.3 is 0 Å². The van der Waals surface area contributed by atoms with Gasteiger partial charge in [0, 0.05) is 31.7 Å². The first-order chi connectivity index (χ1) is 10.3. The fraction of sp³-hybridized carbons (Fsp3) is 0.750. The molecule has 2 N–H and O–H groups in total. The smallest absolute Gasteiger partial charge is 0.136 e. The Morgan fingerprint density at radius 3 is 2.62 bits per heavy atom. The molecule has 116 valence electrons. The number of nitrogens with one attached hydrogen (secondary N) is 2. The van der Waals surface area contributed by atoms with E-state index in [1.165, 1.54) is 32.1 Å². The van der Waals surface area contributed by atoms with Crippen LogP contribution in [-0.4, -0.2) is 36.3 Å². The first-order valence-corrected chi connectivity index (χ1v) is 8.19. The van der Waals surface area contributed by atoms with Crippen LogP contribution in [0, 0.1) is 6.92 Å². The van der Waals surface area contributed by atoms with Gasteiger partial charge in [-0.1, -0.05) is 0 Å². The van der Waals surface area contributed by atoms with Crippen molar-refractivity contribution in [3.63, 3.8) is 0 Å². The summed E-state index contributed by atoms with van der Waals surface area (Å²) in [6.07, 6.45) is 7.62. The first-order valence-electron chi connectivity index (χ1n) is 8.19. The van der Waals surface area contributed by atoms with Crippen molar-refractivity contribution < 1.29 is 4.74 Å². The van der Waals surface area contributed by atoms with Crippen molar-refractivity contribution in [2.24, 2.45) is 0 Å². The zero-order valence-electron chi connectivity index (χ0n) is 13.1. The summed E-state index contributed by atoms with van der Waals surface area (Å²) in [5.74, 6) is 3.48. The number of anilines is 2. The third-order valence-electron chi connectivity index (χ3n) is 4.38. The van der Waals surface area contributed by atoms with Gasteiger partial charge in [0.15, 0.2) is 0 Å². The molecule has 2 fully saturated rings. The summed E-state index contributed by atoms with van der Waals surface area (Å²) in [4.78, 5) is 9.35. The fourth-order valence-corrected chi connectivity index (χ4v) is 2.86. The predicted octanol–water partition coefficient (Wildman–Crippen LogP) is 3.08. The highest BCUT2D eigenvalue weighted by Gasteiger charge is 2.28. The minimum atomic E-state index is 0.417. The summed E-state index contributed by atoms with van der Waals surface area (Å²) in [6.45, 7) is 3.91. The lowest BCUT2D eigenvalue weighted by molar-refractivity contribution is 0.0134. The molecule has 1 saturated carbocycles. The summed E-state index contributed by atoms with van der Waals surface area (Å²) >= 11 is 0. The molecule has 3 rings (SSSR count). The van der Waals surface area contributed by atoms with Crippen LogP contribution in [-0.2, 0) is 4.74 Å². The molecular formula is C16H26N4O. The SMILES string of the molecule is CNc1nc(C2CC2)nc(NCCC2CCCCO2)c1C. The van der Waals surface area contributed by atoms with Crippen LogP contribution in [0.2, 0.25) is 0 Å². The Morgan fingerprint density at radius 2 is 1.95 bits per heavy atom. The van der Waals surface area contributed by atoms with Crippen molar-refractivity contribution in [2.75, 3.05) is 30.8 Å². The van der Waals surface area contributed by atoms with Crippen molar-refractivity contribution in [2.45, 2.75) is 57.5 Å². The Hall–Kier alpha value is -1.36. The van der Waals surface area contributed by atoms with E-state index < -0.39 is 0 Å². The largest absolute Gasteiger partial charge is 0.378 e. The quantitative estimate of drug-likeness (QED) is 0.843. The molecule has 1 unspecified atom stereocenters. The van der Waals surface area contributed by atoms with Crippen molar-refractivity contribution >= 4 is 11.6 Å². The third kappa shape index (κ3) is 3.64. The second kappa shape index (κ2) is 6.60. The van der Waals surface area contributed by atoms with Crippen LogP contribution in [0.4, 0.5) is 11.6 Å². The molecular weight excluding hydrogens is 264 g/mol. The van der Waals surface area contributed by atoms with Gasteiger partial charge in [-0.3, -0.25) is 0 Å². The van der Waals surface area contributed by atoms with Crippen LogP contribution in [0.1, 0.15) is 55.8 Å². The number of hydrogen-bond donors (Lipinski definition) is 2. The Labute approximate surface area is 126 Å². The zero-order valence-corrected chi connectivity index (χ0v) is 13.1. The standard InChI is InChI=1S/C16H26N4O/c1-11-14(17-2)19-16(12-6-7-12)20-15(11)18-9-8-13-5-3-4-10-21-13/h12-13H,3-10H2,1-2H3,(H2,17,18,19,20). The molecule has 21 heavy (non-hydrogen) atoms. The van der Waals surface area contributed by atoms with E-state index in [9.17, 15) is 0 Å². The molecule has 0 amide bonds. The molecule has 1 atom stereocenters. The minimum Gasteiger partial charge on any atom is -0.378 e. The Balaban J connectivity index is 1.61. The molecule has 0 radical (unpaired) electrons. The van der Waals surface area contributed by atoms with Crippen LogP contribution in [0.3, 0.4) is 0 Å². The van der Waals surface area contributed by atoms with Crippen LogP contribution in [0.25, 0.3) is 0 Å². The van der Waals surface area contributed by atoms with E-state index in [1.807, 2.05) is 7.05 Å².